The number of nitrogens with two attached hydrogens (primary N) is 1. The summed E-state index contributed by atoms with van der Waals surface area (Å²) in [6, 6.07) is 0. The van der Waals surface area contributed by atoms with E-state index in [1.165, 1.54) is 32.1 Å². The quantitative estimate of drug-likeness (QED) is 0.645. The van der Waals surface area contributed by atoms with Gasteiger partial charge in [0, 0.05) is 6.61 Å². The molecule has 3 N–H and O–H groups in total. The Kier molecular flexibility index (Phi) is 3.87. The number of rotatable bonds is 3. The Labute approximate surface area is 68.8 Å². The van der Waals surface area contributed by atoms with Crippen LogP contribution in [0.3, 0.4) is 0 Å². The van der Waals surface area contributed by atoms with E-state index in [9.17, 15) is 0 Å². The molecule has 0 aliphatic heterocycles. The van der Waals surface area contributed by atoms with Crippen molar-refractivity contribution < 1.29 is 5.11 Å². The van der Waals surface area contributed by atoms with Crippen LogP contribution < -0.4 is 5.73 Å². The molecular formula is C9H19NO. The van der Waals surface area contributed by atoms with Crippen LogP contribution in [0.1, 0.15) is 32.1 Å². The van der Waals surface area contributed by atoms with Crippen LogP contribution in [0.2, 0.25) is 0 Å². The lowest BCUT2D eigenvalue weighted by Gasteiger charge is -2.26. The third-order valence-corrected chi connectivity index (χ3v) is 2.80. The van der Waals surface area contributed by atoms with E-state index in [0.717, 1.165) is 12.5 Å². The molecule has 66 valence electrons. The standard InChI is InChI=1S/C9H19NO/c10-6-5-8-1-3-9(7-11)4-2-8/h8-9,11H,1-7,10H2. The van der Waals surface area contributed by atoms with Crippen molar-refractivity contribution in [1.29, 1.82) is 0 Å². The fraction of sp³-hybridized carbons (Fsp3) is 1.00. The molecule has 1 fully saturated rings. The zero-order chi connectivity index (χ0) is 8.10. The zero-order valence-corrected chi connectivity index (χ0v) is 7.13. The Morgan fingerprint density at radius 3 is 2.09 bits per heavy atom. The van der Waals surface area contributed by atoms with Crippen molar-refractivity contribution in [2.45, 2.75) is 32.1 Å². The van der Waals surface area contributed by atoms with Gasteiger partial charge in [-0.1, -0.05) is 12.8 Å². The van der Waals surface area contributed by atoms with Gasteiger partial charge in [0.2, 0.25) is 0 Å². The monoisotopic (exact) mass is 157 g/mol. The fourth-order valence-electron chi connectivity index (χ4n) is 1.94. The Bertz CT molecular complexity index is 97.7. The zero-order valence-electron chi connectivity index (χ0n) is 7.13. The molecule has 0 radical (unpaired) electrons. The molecule has 1 saturated carbocycles. The molecular weight excluding hydrogens is 138 g/mol. The summed E-state index contributed by atoms with van der Waals surface area (Å²) in [7, 11) is 0. The molecule has 1 aliphatic rings. The van der Waals surface area contributed by atoms with Gasteiger partial charge in [0.05, 0.1) is 0 Å². The lowest BCUT2D eigenvalue weighted by molar-refractivity contribution is 0.165. The van der Waals surface area contributed by atoms with Gasteiger partial charge in [-0.05, 0) is 37.6 Å². The molecule has 2 heteroatoms. The Morgan fingerprint density at radius 2 is 1.64 bits per heavy atom. The second-order valence-corrected chi connectivity index (χ2v) is 3.65. The molecule has 2 nitrogen and oxygen atoms in total. The first-order valence-corrected chi connectivity index (χ1v) is 4.67. The van der Waals surface area contributed by atoms with Crippen molar-refractivity contribution in [3.8, 4) is 0 Å². The van der Waals surface area contributed by atoms with Crippen LogP contribution in [0.4, 0.5) is 0 Å². The van der Waals surface area contributed by atoms with Crippen LogP contribution in [0.5, 0.6) is 0 Å². The molecule has 0 amide bonds. The van der Waals surface area contributed by atoms with E-state index in [1.54, 1.807) is 0 Å². The normalized spacial score (nSPS) is 32.2. The van der Waals surface area contributed by atoms with Gasteiger partial charge in [0.1, 0.15) is 0 Å². The minimum Gasteiger partial charge on any atom is -0.396 e. The summed E-state index contributed by atoms with van der Waals surface area (Å²) < 4.78 is 0. The van der Waals surface area contributed by atoms with Gasteiger partial charge in [0.15, 0.2) is 0 Å². The van der Waals surface area contributed by atoms with Crippen molar-refractivity contribution in [3.05, 3.63) is 0 Å². The summed E-state index contributed by atoms with van der Waals surface area (Å²) in [4.78, 5) is 0. The van der Waals surface area contributed by atoms with Crippen LogP contribution in [0, 0.1) is 11.8 Å². The molecule has 0 aromatic rings. The molecule has 0 heterocycles. The molecule has 0 aromatic heterocycles. The van der Waals surface area contributed by atoms with E-state index in [0.29, 0.717) is 12.5 Å². The minimum atomic E-state index is 0.384. The average Bonchev–Trinajstić information content (AvgIpc) is 2.07. The molecule has 0 atom stereocenters. The van der Waals surface area contributed by atoms with Gasteiger partial charge in [0.25, 0.3) is 0 Å². The number of hydrogen-bond acceptors (Lipinski definition) is 2. The Morgan fingerprint density at radius 1 is 1.09 bits per heavy atom. The first kappa shape index (κ1) is 9.01. The average molecular weight is 157 g/mol. The van der Waals surface area contributed by atoms with Crippen LogP contribution in [-0.4, -0.2) is 18.3 Å². The van der Waals surface area contributed by atoms with E-state index in [-0.39, 0.29) is 0 Å². The van der Waals surface area contributed by atoms with Gasteiger partial charge >= 0.3 is 0 Å². The minimum absolute atomic E-state index is 0.384. The predicted molar refractivity (Wildman–Crippen MR) is 46.2 cm³/mol. The van der Waals surface area contributed by atoms with Gasteiger partial charge in [-0.15, -0.1) is 0 Å². The van der Waals surface area contributed by atoms with Crippen molar-refractivity contribution >= 4 is 0 Å². The maximum Gasteiger partial charge on any atom is 0.0459 e. The summed E-state index contributed by atoms with van der Waals surface area (Å²) >= 11 is 0. The lowest BCUT2D eigenvalue weighted by Crippen LogP contribution is -2.19. The van der Waals surface area contributed by atoms with Crippen LogP contribution in [0.15, 0.2) is 0 Å². The van der Waals surface area contributed by atoms with Gasteiger partial charge in [-0.3, -0.25) is 0 Å². The van der Waals surface area contributed by atoms with Crippen LogP contribution >= 0.6 is 0 Å². The highest BCUT2D eigenvalue weighted by Gasteiger charge is 2.19. The lowest BCUT2D eigenvalue weighted by atomic mass is 9.81. The molecule has 0 saturated heterocycles. The molecule has 0 bridgehead atoms. The topological polar surface area (TPSA) is 46.2 Å². The third kappa shape index (κ3) is 2.80. The summed E-state index contributed by atoms with van der Waals surface area (Å²) in [5.74, 6) is 1.44. The van der Waals surface area contributed by atoms with Gasteiger partial charge in [-0.25, -0.2) is 0 Å². The number of hydrogen-bond donors (Lipinski definition) is 2. The van der Waals surface area contributed by atoms with Gasteiger partial charge in [-0.2, -0.15) is 0 Å². The van der Waals surface area contributed by atoms with Crippen molar-refractivity contribution in [1.82, 2.24) is 0 Å². The predicted octanol–water partition coefficient (Wildman–Crippen LogP) is 1.13. The van der Waals surface area contributed by atoms with E-state index in [1.807, 2.05) is 0 Å². The smallest absolute Gasteiger partial charge is 0.0459 e. The molecule has 0 unspecified atom stereocenters. The second kappa shape index (κ2) is 4.73. The molecule has 0 aromatic carbocycles. The van der Waals surface area contributed by atoms with Crippen LogP contribution in [-0.2, 0) is 0 Å². The molecule has 0 spiro atoms. The number of aliphatic hydroxyl groups excluding tert-OH is 1. The van der Waals surface area contributed by atoms with E-state index in [4.69, 9.17) is 10.8 Å². The summed E-state index contributed by atoms with van der Waals surface area (Å²) in [5, 5.41) is 8.88. The second-order valence-electron chi connectivity index (χ2n) is 3.65. The van der Waals surface area contributed by atoms with Crippen molar-refractivity contribution in [2.24, 2.45) is 17.6 Å². The molecule has 1 aliphatic carbocycles. The Balaban J connectivity index is 2.14. The Hall–Kier alpha value is -0.0800. The van der Waals surface area contributed by atoms with Gasteiger partial charge < -0.3 is 10.8 Å². The van der Waals surface area contributed by atoms with E-state index >= 15 is 0 Å². The largest absolute Gasteiger partial charge is 0.396 e. The SMILES string of the molecule is NCCC1CCC(CO)CC1. The number of aliphatic hydroxyl groups is 1. The summed E-state index contributed by atoms with van der Waals surface area (Å²) in [5.41, 5.74) is 5.48. The highest BCUT2D eigenvalue weighted by atomic mass is 16.3. The van der Waals surface area contributed by atoms with Crippen molar-refractivity contribution in [3.63, 3.8) is 0 Å². The van der Waals surface area contributed by atoms with E-state index < -0.39 is 0 Å². The first-order valence-electron chi connectivity index (χ1n) is 4.67. The first-order chi connectivity index (χ1) is 5.36. The molecule has 1 rings (SSSR count). The maximum absolute atomic E-state index is 8.88. The highest BCUT2D eigenvalue weighted by Crippen LogP contribution is 2.29. The third-order valence-electron chi connectivity index (χ3n) is 2.80. The summed E-state index contributed by atoms with van der Waals surface area (Å²) in [6.07, 6.45) is 6.16. The van der Waals surface area contributed by atoms with E-state index in [2.05, 4.69) is 0 Å². The maximum atomic E-state index is 8.88. The van der Waals surface area contributed by atoms with Crippen LogP contribution in [0.25, 0.3) is 0 Å². The summed E-state index contributed by atoms with van der Waals surface area (Å²) in [6.45, 7) is 1.21. The highest BCUT2D eigenvalue weighted by molar-refractivity contribution is 4.71. The fourth-order valence-corrected chi connectivity index (χ4v) is 1.94. The van der Waals surface area contributed by atoms with Crippen molar-refractivity contribution in [2.75, 3.05) is 13.2 Å². The molecule has 11 heavy (non-hydrogen) atoms.